The highest BCUT2D eigenvalue weighted by atomic mass is 16.3. The minimum absolute atomic E-state index is 0.369. The highest BCUT2D eigenvalue weighted by Gasteiger charge is 1.97. The van der Waals surface area contributed by atoms with E-state index in [4.69, 9.17) is 0 Å². The van der Waals surface area contributed by atoms with Crippen LogP contribution >= 0.6 is 0 Å². The maximum absolute atomic E-state index is 9.41. The number of aliphatic hydroxyl groups is 1. The Bertz CT molecular complexity index is 215. The Kier molecular flexibility index (Phi) is 3.66. The smallest absolute Gasteiger partial charge is 0.117 e. The molecule has 62 valence electrons. The van der Waals surface area contributed by atoms with Gasteiger partial charge in [0.1, 0.15) is 5.76 Å². The Morgan fingerprint density at radius 3 is 1.91 bits per heavy atom. The summed E-state index contributed by atoms with van der Waals surface area (Å²) in [6, 6.07) is 0. The Hall–Kier alpha value is -0.980. The second-order valence-electron chi connectivity index (χ2n) is 3.02. The van der Waals surface area contributed by atoms with Gasteiger partial charge in [-0.2, -0.15) is 0 Å². The number of hydrogen-bond acceptors (Lipinski definition) is 1. The zero-order valence-corrected chi connectivity index (χ0v) is 7.73. The molecule has 0 unspecified atom stereocenters. The summed E-state index contributed by atoms with van der Waals surface area (Å²) in [6.45, 7) is 11.3. The number of allylic oxidation sites excluding steroid dienone is 4. The molecule has 11 heavy (non-hydrogen) atoms. The number of aliphatic hydroxyl groups excluding tert-OH is 1. The fourth-order valence-electron chi connectivity index (χ4n) is 0.832. The summed E-state index contributed by atoms with van der Waals surface area (Å²) in [5, 5.41) is 9.41. The fourth-order valence-corrected chi connectivity index (χ4v) is 0.832. The highest BCUT2D eigenvalue weighted by Crippen LogP contribution is 2.12. The van der Waals surface area contributed by atoms with Crippen molar-refractivity contribution in [3.8, 4) is 0 Å². The molecule has 0 bridgehead atoms. The van der Waals surface area contributed by atoms with Crippen molar-refractivity contribution < 1.29 is 5.11 Å². The van der Waals surface area contributed by atoms with Crippen molar-refractivity contribution in [3.05, 3.63) is 35.1 Å². The molecule has 0 heterocycles. The van der Waals surface area contributed by atoms with E-state index in [1.807, 2.05) is 33.8 Å². The lowest BCUT2D eigenvalue weighted by atomic mass is 10.1. The van der Waals surface area contributed by atoms with Gasteiger partial charge >= 0.3 is 0 Å². The minimum Gasteiger partial charge on any atom is -0.508 e. The van der Waals surface area contributed by atoms with Gasteiger partial charge in [0.05, 0.1) is 0 Å². The topological polar surface area (TPSA) is 20.2 Å². The van der Waals surface area contributed by atoms with Crippen LogP contribution in [0.4, 0.5) is 0 Å². The van der Waals surface area contributed by atoms with E-state index in [0.29, 0.717) is 5.76 Å². The van der Waals surface area contributed by atoms with E-state index < -0.39 is 0 Å². The first-order chi connectivity index (χ1) is 4.95. The van der Waals surface area contributed by atoms with Crippen molar-refractivity contribution in [3.63, 3.8) is 0 Å². The highest BCUT2D eigenvalue weighted by molar-refractivity contribution is 5.31. The summed E-state index contributed by atoms with van der Waals surface area (Å²) in [4.78, 5) is 0. The van der Waals surface area contributed by atoms with Crippen LogP contribution in [-0.2, 0) is 0 Å². The fraction of sp³-hybridized carbons (Fsp3) is 0.400. The molecule has 0 aliphatic carbocycles. The van der Waals surface area contributed by atoms with Gasteiger partial charge in [-0.15, -0.1) is 0 Å². The van der Waals surface area contributed by atoms with Crippen molar-refractivity contribution in [2.45, 2.75) is 27.7 Å². The van der Waals surface area contributed by atoms with Gasteiger partial charge < -0.3 is 5.11 Å². The Morgan fingerprint density at radius 1 is 1.18 bits per heavy atom. The van der Waals surface area contributed by atoms with E-state index in [9.17, 15) is 5.11 Å². The predicted molar refractivity (Wildman–Crippen MR) is 49.6 cm³/mol. The van der Waals surface area contributed by atoms with Crippen molar-refractivity contribution in [2.75, 3.05) is 0 Å². The van der Waals surface area contributed by atoms with E-state index >= 15 is 0 Å². The zero-order valence-electron chi connectivity index (χ0n) is 7.73. The molecule has 0 saturated carbocycles. The molecule has 1 nitrogen and oxygen atoms in total. The van der Waals surface area contributed by atoms with Crippen LogP contribution < -0.4 is 0 Å². The average molecular weight is 152 g/mol. The summed E-state index contributed by atoms with van der Waals surface area (Å²) in [5.74, 6) is 0.369. The second-order valence-corrected chi connectivity index (χ2v) is 3.02. The summed E-state index contributed by atoms with van der Waals surface area (Å²) >= 11 is 0. The van der Waals surface area contributed by atoms with Crippen molar-refractivity contribution in [1.29, 1.82) is 0 Å². The van der Waals surface area contributed by atoms with E-state index in [2.05, 4.69) is 6.58 Å². The van der Waals surface area contributed by atoms with E-state index in [-0.39, 0.29) is 0 Å². The molecule has 0 aromatic heterocycles. The van der Waals surface area contributed by atoms with Crippen LogP contribution in [0.2, 0.25) is 0 Å². The quantitative estimate of drug-likeness (QED) is 0.475. The van der Waals surface area contributed by atoms with E-state index in [0.717, 1.165) is 16.7 Å². The molecule has 0 saturated heterocycles. The molecule has 0 aromatic rings. The first-order valence-corrected chi connectivity index (χ1v) is 3.65. The van der Waals surface area contributed by atoms with Crippen LogP contribution in [-0.4, -0.2) is 5.11 Å². The largest absolute Gasteiger partial charge is 0.508 e. The molecule has 0 spiro atoms. The Balaban J connectivity index is 4.63. The molecule has 0 aliphatic rings. The summed E-state index contributed by atoms with van der Waals surface area (Å²) in [7, 11) is 0. The maximum Gasteiger partial charge on any atom is 0.117 e. The molecule has 0 amide bonds. The standard InChI is InChI=1S/C10H16O/c1-7(2)6-9(5)10(11)8(3)4/h6,11H,1H2,2-5H3/b9-6-. The molecule has 0 radical (unpaired) electrons. The Labute approximate surface area is 68.7 Å². The molecule has 1 heteroatoms. The minimum atomic E-state index is 0.369. The van der Waals surface area contributed by atoms with Gasteiger partial charge in [-0.3, -0.25) is 0 Å². The molecular weight excluding hydrogens is 136 g/mol. The molecule has 0 aliphatic heterocycles. The first kappa shape index (κ1) is 10.0. The lowest BCUT2D eigenvalue weighted by molar-refractivity contribution is 0.416. The second kappa shape index (κ2) is 4.02. The maximum atomic E-state index is 9.41. The van der Waals surface area contributed by atoms with Gasteiger partial charge in [0.15, 0.2) is 0 Å². The molecular formula is C10H16O. The SMILES string of the molecule is C=C(C)/C=C(/C)C(O)=C(C)C. The third-order valence-electron chi connectivity index (χ3n) is 1.31. The molecule has 0 rings (SSSR count). The molecule has 0 aromatic carbocycles. The van der Waals surface area contributed by atoms with Crippen molar-refractivity contribution in [2.24, 2.45) is 0 Å². The number of rotatable bonds is 2. The van der Waals surface area contributed by atoms with Gasteiger partial charge in [-0.1, -0.05) is 18.2 Å². The van der Waals surface area contributed by atoms with Gasteiger partial charge in [0.2, 0.25) is 0 Å². The van der Waals surface area contributed by atoms with Crippen LogP contribution in [0, 0.1) is 0 Å². The number of hydrogen-bond donors (Lipinski definition) is 1. The lowest BCUT2D eigenvalue weighted by Gasteiger charge is -2.01. The Morgan fingerprint density at radius 2 is 1.64 bits per heavy atom. The van der Waals surface area contributed by atoms with Crippen LogP contribution in [0.25, 0.3) is 0 Å². The third kappa shape index (κ3) is 3.66. The van der Waals surface area contributed by atoms with Gasteiger partial charge in [-0.25, -0.2) is 0 Å². The monoisotopic (exact) mass is 152 g/mol. The van der Waals surface area contributed by atoms with E-state index in [1.165, 1.54) is 0 Å². The first-order valence-electron chi connectivity index (χ1n) is 3.65. The average Bonchev–Trinajstić information content (AvgIpc) is 1.84. The third-order valence-corrected chi connectivity index (χ3v) is 1.31. The van der Waals surface area contributed by atoms with E-state index in [1.54, 1.807) is 0 Å². The molecule has 0 atom stereocenters. The van der Waals surface area contributed by atoms with Gasteiger partial charge in [0.25, 0.3) is 0 Å². The van der Waals surface area contributed by atoms with Crippen LogP contribution in [0.5, 0.6) is 0 Å². The van der Waals surface area contributed by atoms with Crippen molar-refractivity contribution >= 4 is 0 Å². The normalized spacial score (nSPS) is 11.1. The van der Waals surface area contributed by atoms with Crippen LogP contribution in [0.3, 0.4) is 0 Å². The van der Waals surface area contributed by atoms with Crippen LogP contribution in [0.1, 0.15) is 27.7 Å². The summed E-state index contributed by atoms with van der Waals surface area (Å²) in [6.07, 6.45) is 1.86. The predicted octanol–water partition coefficient (Wildman–Crippen LogP) is 3.36. The molecule has 0 fully saturated rings. The zero-order chi connectivity index (χ0) is 9.02. The van der Waals surface area contributed by atoms with Gasteiger partial charge in [0, 0.05) is 0 Å². The summed E-state index contributed by atoms with van der Waals surface area (Å²) < 4.78 is 0. The summed E-state index contributed by atoms with van der Waals surface area (Å²) in [5.41, 5.74) is 2.76. The lowest BCUT2D eigenvalue weighted by Crippen LogP contribution is -1.86. The van der Waals surface area contributed by atoms with Crippen molar-refractivity contribution in [1.82, 2.24) is 0 Å². The molecule has 1 N–H and O–H groups in total. The van der Waals surface area contributed by atoms with Gasteiger partial charge in [-0.05, 0) is 38.8 Å². The van der Waals surface area contributed by atoms with Crippen LogP contribution in [0.15, 0.2) is 35.1 Å².